The molecule has 0 aliphatic rings. The molecule has 1 aromatic carbocycles. The SMILES string of the molecule is CN(CCCS(C)(=O)=O)Cc1nc2ccccc2o1. The third kappa shape index (κ3) is 4.33. The number of benzene rings is 1. The topological polar surface area (TPSA) is 63.4 Å². The number of nitrogens with zero attached hydrogens (tertiary/aromatic N) is 2. The second kappa shape index (κ2) is 5.71. The zero-order valence-corrected chi connectivity index (χ0v) is 12.0. The highest BCUT2D eigenvalue weighted by Crippen LogP contribution is 2.15. The van der Waals surface area contributed by atoms with Crippen LogP contribution in [0.1, 0.15) is 12.3 Å². The van der Waals surface area contributed by atoms with Crippen LogP contribution in [-0.2, 0) is 16.4 Å². The van der Waals surface area contributed by atoms with Gasteiger partial charge in [-0.25, -0.2) is 13.4 Å². The smallest absolute Gasteiger partial charge is 0.209 e. The number of aromatic nitrogens is 1. The molecule has 0 radical (unpaired) electrons. The quantitative estimate of drug-likeness (QED) is 0.807. The maximum Gasteiger partial charge on any atom is 0.209 e. The van der Waals surface area contributed by atoms with Crippen molar-refractivity contribution in [1.82, 2.24) is 9.88 Å². The summed E-state index contributed by atoms with van der Waals surface area (Å²) in [6.07, 6.45) is 1.88. The minimum atomic E-state index is -2.88. The summed E-state index contributed by atoms with van der Waals surface area (Å²) < 4.78 is 27.7. The molecule has 0 amide bonds. The van der Waals surface area contributed by atoms with Gasteiger partial charge in [-0.15, -0.1) is 0 Å². The number of para-hydroxylation sites is 2. The second-order valence-electron chi connectivity index (χ2n) is 4.80. The van der Waals surface area contributed by atoms with E-state index in [1.807, 2.05) is 36.2 Å². The van der Waals surface area contributed by atoms with Gasteiger partial charge in [-0.3, -0.25) is 4.90 Å². The van der Waals surface area contributed by atoms with Gasteiger partial charge >= 0.3 is 0 Å². The van der Waals surface area contributed by atoms with E-state index < -0.39 is 9.84 Å². The lowest BCUT2D eigenvalue weighted by molar-refractivity contribution is 0.293. The Morgan fingerprint density at radius 1 is 1.32 bits per heavy atom. The van der Waals surface area contributed by atoms with Gasteiger partial charge < -0.3 is 4.42 Å². The van der Waals surface area contributed by atoms with Gasteiger partial charge in [0, 0.05) is 6.26 Å². The van der Waals surface area contributed by atoms with Gasteiger partial charge in [0.05, 0.1) is 12.3 Å². The number of hydrogen-bond acceptors (Lipinski definition) is 5. The number of hydrogen-bond donors (Lipinski definition) is 0. The molecule has 2 rings (SSSR count). The van der Waals surface area contributed by atoms with Crippen molar-refractivity contribution >= 4 is 20.9 Å². The van der Waals surface area contributed by atoms with Crippen LogP contribution in [0.2, 0.25) is 0 Å². The van der Waals surface area contributed by atoms with Gasteiger partial charge in [-0.2, -0.15) is 0 Å². The molecule has 2 aromatic rings. The molecular weight excluding hydrogens is 264 g/mol. The third-order valence-corrected chi connectivity index (χ3v) is 3.83. The summed E-state index contributed by atoms with van der Waals surface area (Å²) in [6.45, 7) is 1.28. The normalized spacial score (nSPS) is 12.4. The van der Waals surface area contributed by atoms with Gasteiger partial charge in [0.15, 0.2) is 5.58 Å². The highest BCUT2D eigenvalue weighted by atomic mass is 32.2. The van der Waals surface area contributed by atoms with E-state index in [-0.39, 0.29) is 5.75 Å². The minimum absolute atomic E-state index is 0.213. The summed E-state index contributed by atoms with van der Waals surface area (Å²) >= 11 is 0. The highest BCUT2D eigenvalue weighted by molar-refractivity contribution is 7.90. The Morgan fingerprint density at radius 2 is 2.05 bits per heavy atom. The molecule has 19 heavy (non-hydrogen) atoms. The van der Waals surface area contributed by atoms with Crippen molar-refractivity contribution in [1.29, 1.82) is 0 Å². The number of fused-ring (bicyclic) bond motifs is 1. The van der Waals surface area contributed by atoms with Crippen LogP contribution >= 0.6 is 0 Å². The molecular formula is C13H18N2O3S. The van der Waals surface area contributed by atoms with Crippen molar-refractivity contribution in [3.63, 3.8) is 0 Å². The summed E-state index contributed by atoms with van der Waals surface area (Å²) in [7, 11) is -0.951. The molecule has 0 aliphatic carbocycles. The van der Waals surface area contributed by atoms with Crippen LogP contribution < -0.4 is 0 Å². The second-order valence-corrected chi connectivity index (χ2v) is 7.06. The summed E-state index contributed by atoms with van der Waals surface area (Å²) in [4.78, 5) is 6.39. The summed E-state index contributed by atoms with van der Waals surface area (Å²) in [6, 6.07) is 7.62. The van der Waals surface area contributed by atoms with Gasteiger partial charge in [0.2, 0.25) is 5.89 Å². The molecule has 0 aliphatic heterocycles. The van der Waals surface area contributed by atoms with Crippen LogP contribution in [0.15, 0.2) is 28.7 Å². The molecule has 6 heteroatoms. The molecule has 0 N–H and O–H groups in total. The maximum absolute atomic E-state index is 11.0. The first-order chi connectivity index (χ1) is 8.94. The fraction of sp³-hybridized carbons (Fsp3) is 0.462. The van der Waals surface area contributed by atoms with Crippen LogP contribution in [0.5, 0.6) is 0 Å². The lowest BCUT2D eigenvalue weighted by Crippen LogP contribution is -2.21. The van der Waals surface area contributed by atoms with E-state index in [1.165, 1.54) is 6.26 Å². The Labute approximate surface area is 113 Å². The van der Waals surface area contributed by atoms with Crippen LogP contribution in [0.3, 0.4) is 0 Å². The monoisotopic (exact) mass is 282 g/mol. The van der Waals surface area contributed by atoms with E-state index in [0.29, 0.717) is 25.4 Å². The summed E-state index contributed by atoms with van der Waals surface area (Å²) in [5, 5.41) is 0. The maximum atomic E-state index is 11.0. The van der Waals surface area contributed by atoms with Gasteiger partial charge in [0.25, 0.3) is 0 Å². The van der Waals surface area contributed by atoms with Crippen LogP contribution in [0.4, 0.5) is 0 Å². The Morgan fingerprint density at radius 3 is 2.74 bits per heavy atom. The average molecular weight is 282 g/mol. The van der Waals surface area contributed by atoms with E-state index in [0.717, 1.165) is 11.1 Å². The molecule has 1 heterocycles. The molecule has 0 saturated carbocycles. The van der Waals surface area contributed by atoms with E-state index in [9.17, 15) is 8.42 Å². The zero-order chi connectivity index (χ0) is 13.9. The highest BCUT2D eigenvalue weighted by Gasteiger charge is 2.09. The summed E-state index contributed by atoms with van der Waals surface area (Å²) in [5.74, 6) is 0.869. The molecule has 0 spiro atoms. The van der Waals surface area contributed by atoms with E-state index in [2.05, 4.69) is 4.98 Å². The Kier molecular flexibility index (Phi) is 4.21. The van der Waals surface area contributed by atoms with Crippen molar-refractivity contribution in [3.8, 4) is 0 Å². The van der Waals surface area contributed by atoms with Crippen LogP contribution in [0.25, 0.3) is 11.1 Å². The van der Waals surface area contributed by atoms with Crippen molar-refractivity contribution in [2.75, 3.05) is 25.6 Å². The number of oxazole rings is 1. The fourth-order valence-corrected chi connectivity index (χ4v) is 2.55. The lowest BCUT2D eigenvalue weighted by Gasteiger charge is -2.13. The molecule has 0 atom stereocenters. The molecule has 104 valence electrons. The Bertz CT molecular complexity index is 616. The Balaban J connectivity index is 1.89. The third-order valence-electron chi connectivity index (χ3n) is 2.80. The lowest BCUT2D eigenvalue weighted by atomic mass is 10.3. The summed E-state index contributed by atoms with van der Waals surface area (Å²) in [5.41, 5.74) is 1.63. The zero-order valence-electron chi connectivity index (χ0n) is 11.2. The fourth-order valence-electron chi connectivity index (χ4n) is 1.89. The molecule has 0 unspecified atom stereocenters. The molecule has 0 fully saturated rings. The standard InChI is InChI=1S/C13H18N2O3S/c1-15(8-5-9-19(2,16)17)10-13-14-11-6-3-4-7-12(11)18-13/h3-4,6-7H,5,8-10H2,1-2H3. The minimum Gasteiger partial charge on any atom is -0.439 e. The number of sulfone groups is 1. The van der Waals surface area contributed by atoms with Crippen LogP contribution in [0, 0.1) is 0 Å². The molecule has 0 saturated heterocycles. The average Bonchev–Trinajstić information content (AvgIpc) is 2.68. The Hall–Kier alpha value is -1.40. The predicted molar refractivity (Wildman–Crippen MR) is 74.7 cm³/mol. The van der Waals surface area contributed by atoms with Gasteiger partial charge in [-0.1, -0.05) is 12.1 Å². The molecule has 0 bridgehead atoms. The number of rotatable bonds is 6. The first-order valence-electron chi connectivity index (χ1n) is 6.15. The first kappa shape index (κ1) is 14.0. The molecule has 5 nitrogen and oxygen atoms in total. The first-order valence-corrected chi connectivity index (χ1v) is 8.21. The molecule has 1 aromatic heterocycles. The van der Waals surface area contributed by atoms with E-state index >= 15 is 0 Å². The largest absolute Gasteiger partial charge is 0.439 e. The van der Waals surface area contributed by atoms with Crippen molar-refractivity contribution in [2.45, 2.75) is 13.0 Å². The van der Waals surface area contributed by atoms with Gasteiger partial charge in [0.1, 0.15) is 15.4 Å². The van der Waals surface area contributed by atoms with E-state index in [1.54, 1.807) is 0 Å². The van der Waals surface area contributed by atoms with Crippen LogP contribution in [-0.4, -0.2) is 43.9 Å². The van der Waals surface area contributed by atoms with E-state index in [4.69, 9.17) is 4.42 Å². The van der Waals surface area contributed by atoms with Crippen molar-refractivity contribution in [2.24, 2.45) is 0 Å². The van der Waals surface area contributed by atoms with Crippen molar-refractivity contribution in [3.05, 3.63) is 30.2 Å². The van der Waals surface area contributed by atoms with Crippen molar-refractivity contribution < 1.29 is 12.8 Å². The predicted octanol–water partition coefficient (Wildman–Crippen LogP) is 1.69. The van der Waals surface area contributed by atoms with Gasteiger partial charge in [-0.05, 0) is 32.1 Å².